The minimum Gasteiger partial charge on any atom is -0.363 e. The third-order valence-corrected chi connectivity index (χ3v) is 5.67. The Balaban J connectivity index is 1.46. The summed E-state index contributed by atoms with van der Waals surface area (Å²) in [6, 6.07) is 8.28. The molecule has 0 bridgehead atoms. The molecule has 4 rings (SSSR count). The molecule has 1 amide bonds. The van der Waals surface area contributed by atoms with Crippen LogP contribution < -0.4 is 4.90 Å². The molecule has 0 saturated carbocycles. The van der Waals surface area contributed by atoms with Crippen molar-refractivity contribution in [2.45, 2.75) is 31.4 Å². The topological polar surface area (TPSA) is 50.6 Å². The number of amides is 1. The maximum Gasteiger partial charge on any atom is 0.253 e. The van der Waals surface area contributed by atoms with E-state index in [-0.39, 0.29) is 23.9 Å². The molecule has 0 aliphatic carbocycles. The van der Waals surface area contributed by atoms with E-state index < -0.39 is 0 Å². The third-order valence-electron chi connectivity index (χ3n) is 5.67. The lowest BCUT2D eigenvalue weighted by Gasteiger charge is -2.42. The maximum absolute atomic E-state index is 13.6. The fourth-order valence-electron chi connectivity index (χ4n) is 4.06. The molecule has 1 spiro atoms. The van der Waals surface area contributed by atoms with Gasteiger partial charge in [0.05, 0.1) is 17.8 Å². The molecule has 1 aromatic carbocycles. The summed E-state index contributed by atoms with van der Waals surface area (Å²) < 4.78 is 21.6. The van der Waals surface area contributed by atoms with Crippen LogP contribution in [0.5, 0.6) is 0 Å². The van der Waals surface area contributed by atoms with Crippen LogP contribution in [0, 0.1) is 5.82 Å². The Morgan fingerprint density at radius 1 is 1.26 bits per heavy atom. The second-order valence-electron chi connectivity index (χ2n) is 7.51. The number of rotatable bonds is 3. The van der Waals surface area contributed by atoms with E-state index in [0.717, 1.165) is 38.9 Å². The standard InChI is InChI=1S/C20H25FN4O2/c1-23-18(6-9-22-23)13-24-10-3-7-20(8-11-24)15-25(19(26)14-27-20)17-5-2-4-16(21)12-17/h2,4-6,9,12H,3,7-8,10-11,13-15H2,1H3. The second kappa shape index (κ2) is 7.40. The van der Waals surface area contributed by atoms with E-state index in [1.165, 1.54) is 17.8 Å². The SMILES string of the molecule is Cn1nccc1CN1CCCC2(CC1)CN(c1cccc(F)c1)C(=O)CO2. The number of aromatic nitrogens is 2. The van der Waals surface area contributed by atoms with Crippen LogP contribution in [0.25, 0.3) is 0 Å². The van der Waals surface area contributed by atoms with Crippen molar-refractivity contribution < 1.29 is 13.9 Å². The van der Waals surface area contributed by atoms with Crippen molar-refractivity contribution in [2.75, 3.05) is 31.1 Å². The van der Waals surface area contributed by atoms with Crippen LogP contribution in [0.4, 0.5) is 10.1 Å². The Morgan fingerprint density at radius 3 is 2.93 bits per heavy atom. The quantitative estimate of drug-likeness (QED) is 0.830. The highest BCUT2D eigenvalue weighted by Crippen LogP contribution is 2.33. The number of anilines is 1. The van der Waals surface area contributed by atoms with Gasteiger partial charge in [0.2, 0.25) is 0 Å². The van der Waals surface area contributed by atoms with E-state index in [9.17, 15) is 9.18 Å². The number of nitrogens with zero attached hydrogens (tertiary/aromatic N) is 4. The second-order valence-corrected chi connectivity index (χ2v) is 7.51. The summed E-state index contributed by atoms with van der Waals surface area (Å²) in [4.78, 5) is 16.5. The summed E-state index contributed by atoms with van der Waals surface area (Å²) in [6.07, 6.45) is 4.57. The number of ether oxygens (including phenoxy) is 1. The predicted octanol–water partition coefficient (Wildman–Crippen LogP) is 2.35. The van der Waals surface area contributed by atoms with Crippen molar-refractivity contribution in [1.82, 2.24) is 14.7 Å². The van der Waals surface area contributed by atoms with Gasteiger partial charge in [-0.15, -0.1) is 0 Å². The first-order chi connectivity index (χ1) is 13.0. The van der Waals surface area contributed by atoms with Gasteiger partial charge in [-0.2, -0.15) is 5.10 Å². The van der Waals surface area contributed by atoms with E-state index in [1.807, 2.05) is 24.0 Å². The first-order valence-corrected chi connectivity index (χ1v) is 9.44. The minimum absolute atomic E-state index is 0.0538. The number of morpholine rings is 1. The van der Waals surface area contributed by atoms with Crippen LogP contribution in [-0.2, 0) is 23.1 Å². The maximum atomic E-state index is 13.6. The van der Waals surface area contributed by atoms with E-state index >= 15 is 0 Å². The fraction of sp³-hybridized carbons (Fsp3) is 0.500. The molecule has 0 N–H and O–H groups in total. The highest BCUT2D eigenvalue weighted by atomic mass is 19.1. The van der Waals surface area contributed by atoms with E-state index in [0.29, 0.717) is 12.2 Å². The molecule has 1 unspecified atom stereocenters. The summed E-state index contributed by atoms with van der Waals surface area (Å²) in [5, 5.41) is 4.24. The summed E-state index contributed by atoms with van der Waals surface area (Å²) in [5.74, 6) is -0.439. The van der Waals surface area contributed by atoms with Crippen molar-refractivity contribution in [3.8, 4) is 0 Å². The number of likely N-dealkylation sites (tertiary alicyclic amines) is 1. The van der Waals surface area contributed by atoms with Crippen molar-refractivity contribution in [1.29, 1.82) is 0 Å². The van der Waals surface area contributed by atoms with Gasteiger partial charge in [0.25, 0.3) is 5.91 Å². The lowest BCUT2D eigenvalue weighted by molar-refractivity contribution is -0.140. The van der Waals surface area contributed by atoms with Gasteiger partial charge in [-0.25, -0.2) is 4.39 Å². The lowest BCUT2D eigenvalue weighted by atomic mass is 9.92. The summed E-state index contributed by atoms with van der Waals surface area (Å²) in [5.41, 5.74) is 1.44. The number of carbonyl (C=O) groups is 1. The van der Waals surface area contributed by atoms with Crippen molar-refractivity contribution in [3.63, 3.8) is 0 Å². The zero-order valence-electron chi connectivity index (χ0n) is 15.6. The summed E-state index contributed by atoms with van der Waals surface area (Å²) >= 11 is 0. The number of benzene rings is 1. The van der Waals surface area contributed by atoms with Crippen LogP contribution in [0.3, 0.4) is 0 Å². The van der Waals surface area contributed by atoms with E-state index in [4.69, 9.17) is 4.74 Å². The number of aryl methyl sites for hydroxylation is 1. The first kappa shape index (κ1) is 18.1. The largest absolute Gasteiger partial charge is 0.363 e. The highest BCUT2D eigenvalue weighted by Gasteiger charge is 2.41. The number of halogens is 1. The van der Waals surface area contributed by atoms with Gasteiger partial charge in [-0.3, -0.25) is 14.4 Å². The zero-order chi connectivity index (χ0) is 18.9. The highest BCUT2D eigenvalue weighted by molar-refractivity contribution is 5.95. The molecular formula is C20H25FN4O2. The van der Waals surface area contributed by atoms with Crippen molar-refractivity contribution in [2.24, 2.45) is 7.05 Å². The molecule has 2 fully saturated rings. The summed E-state index contributed by atoms with van der Waals surface area (Å²) in [7, 11) is 1.96. The Morgan fingerprint density at radius 2 is 2.15 bits per heavy atom. The van der Waals surface area contributed by atoms with E-state index in [2.05, 4.69) is 10.00 Å². The number of hydrogen-bond acceptors (Lipinski definition) is 4. The molecule has 27 heavy (non-hydrogen) atoms. The van der Waals surface area contributed by atoms with Gasteiger partial charge >= 0.3 is 0 Å². The molecule has 1 atom stereocenters. The molecule has 2 aliphatic heterocycles. The zero-order valence-corrected chi connectivity index (χ0v) is 15.6. The molecule has 0 radical (unpaired) electrons. The van der Waals surface area contributed by atoms with Gasteiger partial charge in [0.1, 0.15) is 12.4 Å². The van der Waals surface area contributed by atoms with E-state index in [1.54, 1.807) is 17.0 Å². The van der Waals surface area contributed by atoms with Crippen LogP contribution in [0.15, 0.2) is 36.5 Å². The van der Waals surface area contributed by atoms with Gasteiger partial charge in [-0.05, 0) is 50.1 Å². The van der Waals surface area contributed by atoms with Gasteiger partial charge in [-0.1, -0.05) is 6.07 Å². The van der Waals surface area contributed by atoms with Gasteiger partial charge in [0.15, 0.2) is 0 Å². The fourth-order valence-corrected chi connectivity index (χ4v) is 4.06. The molecule has 6 nitrogen and oxygen atoms in total. The Kier molecular flexibility index (Phi) is 4.97. The minimum atomic E-state index is -0.360. The van der Waals surface area contributed by atoms with Crippen LogP contribution >= 0.6 is 0 Å². The molecule has 2 saturated heterocycles. The van der Waals surface area contributed by atoms with Crippen molar-refractivity contribution >= 4 is 11.6 Å². The lowest BCUT2D eigenvalue weighted by Crippen LogP contribution is -2.55. The first-order valence-electron chi connectivity index (χ1n) is 9.44. The Bertz CT molecular complexity index is 824. The number of carbonyl (C=O) groups excluding carboxylic acids is 1. The normalized spacial score (nSPS) is 24.4. The Hall–Kier alpha value is -2.25. The van der Waals surface area contributed by atoms with Crippen LogP contribution in [0.1, 0.15) is 25.0 Å². The van der Waals surface area contributed by atoms with Gasteiger partial charge in [0, 0.05) is 32.0 Å². The third kappa shape index (κ3) is 3.89. The smallest absolute Gasteiger partial charge is 0.253 e. The monoisotopic (exact) mass is 372 g/mol. The van der Waals surface area contributed by atoms with Gasteiger partial charge < -0.3 is 9.64 Å². The molecule has 2 aromatic rings. The van der Waals surface area contributed by atoms with Crippen LogP contribution in [-0.4, -0.2) is 52.4 Å². The molecule has 7 heteroatoms. The average Bonchev–Trinajstić information content (AvgIpc) is 2.95. The summed E-state index contributed by atoms with van der Waals surface area (Å²) in [6.45, 7) is 3.28. The molecule has 144 valence electrons. The molecule has 3 heterocycles. The van der Waals surface area contributed by atoms with Crippen molar-refractivity contribution in [3.05, 3.63) is 48.0 Å². The van der Waals surface area contributed by atoms with Crippen LogP contribution in [0.2, 0.25) is 0 Å². The predicted molar refractivity (Wildman–Crippen MR) is 99.8 cm³/mol. The molecule has 1 aromatic heterocycles. The average molecular weight is 372 g/mol. The number of hydrogen-bond donors (Lipinski definition) is 0. The Labute approximate surface area is 158 Å². The molecular weight excluding hydrogens is 347 g/mol. The molecule has 2 aliphatic rings.